The summed E-state index contributed by atoms with van der Waals surface area (Å²) in [4.78, 5) is 32.6. The van der Waals surface area contributed by atoms with Gasteiger partial charge >= 0.3 is 0 Å². The molecule has 152 valence electrons. The van der Waals surface area contributed by atoms with Gasteiger partial charge in [0.1, 0.15) is 22.6 Å². The Balaban J connectivity index is 1.59. The van der Waals surface area contributed by atoms with Gasteiger partial charge in [0.05, 0.1) is 23.2 Å². The average Bonchev–Trinajstić information content (AvgIpc) is 3.21. The number of para-hydroxylation sites is 3. The minimum absolute atomic E-state index is 0.132. The first kappa shape index (κ1) is 18.9. The third kappa shape index (κ3) is 3.21. The monoisotopic (exact) mass is 432 g/mol. The molecule has 0 amide bonds. The molecule has 0 aliphatic rings. The Kier molecular flexibility index (Phi) is 4.45. The van der Waals surface area contributed by atoms with Crippen molar-refractivity contribution in [3.8, 4) is 5.69 Å². The molecule has 0 saturated heterocycles. The second kappa shape index (κ2) is 7.29. The molecular weight excluding hydrogens is 420 g/mol. The summed E-state index contributed by atoms with van der Waals surface area (Å²) >= 11 is 6.33. The summed E-state index contributed by atoms with van der Waals surface area (Å²) in [6, 6.07) is 15.6. The van der Waals surface area contributed by atoms with Crippen LogP contribution in [0.15, 0.2) is 71.9 Å². The van der Waals surface area contributed by atoms with E-state index < -0.39 is 4.92 Å². The number of hydrogen-bond acceptors (Lipinski definition) is 6. The van der Waals surface area contributed by atoms with Crippen LogP contribution in [-0.2, 0) is 6.54 Å². The van der Waals surface area contributed by atoms with Crippen LogP contribution in [0.1, 0.15) is 5.56 Å². The van der Waals surface area contributed by atoms with Gasteiger partial charge in [-0.1, -0.05) is 41.9 Å². The molecule has 0 saturated carbocycles. The van der Waals surface area contributed by atoms with Crippen LogP contribution >= 0.6 is 11.6 Å². The van der Waals surface area contributed by atoms with Crippen LogP contribution in [0.5, 0.6) is 0 Å². The zero-order valence-electron chi connectivity index (χ0n) is 15.8. The number of aromatic nitrogens is 5. The number of benzene rings is 2. The van der Waals surface area contributed by atoms with Crippen molar-refractivity contribution in [3.63, 3.8) is 0 Å². The molecule has 3 heterocycles. The standard InChI is InChI=1S/C21H13ClN6O3/c22-19-14(9-13-5-1-2-6-16(13)25-19)11-26-12-23-20-15(21(26)29)10-24-27(20)17-7-3-4-8-18(17)28(30)31/h1-10,12H,11H2. The van der Waals surface area contributed by atoms with Gasteiger partial charge in [-0.05, 0) is 18.2 Å². The van der Waals surface area contributed by atoms with Gasteiger partial charge in [-0.25, -0.2) is 14.6 Å². The van der Waals surface area contributed by atoms with E-state index in [0.717, 1.165) is 10.9 Å². The minimum Gasteiger partial charge on any atom is -0.294 e. The van der Waals surface area contributed by atoms with Crippen LogP contribution in [0.2, 0.25) is 5.15 Å². The molecule has 0 fully saturated rings. The SMILES string of the molecule is O=c1c2cnn(-c3ccccc3[N+](=O)[O-])c2ncn1Cc1cc2ccccc2nc1Cl. The van der Waals surface area contributed by atoms with Gasteiger partial charge in [-0.2, -0.15) is 5.10 Å². The van der Waals surface area contributed by atoms with E-state index in [9.17, 15) is 14.9 Å². The molecule has 0 atom stereocenters. The highest BCUT2D eigenvalue weighted by molar-refractivity contribution is 6.30. The van der Waals surface area contributed by atoms with Gasteiger partial charge in [0.15, 0.2) is 5.65 Å². The molecule has 0 aliphatic carbocycles. The Hall–Kier alpha value is -4.11. The number of nitro benzene ring substituents is 1. The highest BCUT2D eigenvalue weighted by Crippen LogP contribution is 2.24. The van der Waals surface area contributed by atoms with Crippen LogP contribution in [0, 0.1) is 10.1 Å². The molecule has 0 bridgehead atoms. The Bertz CT molecular complexity index is 1540. The van der Waals surface area contributed by atoms with Crippen molar-refractivity contribution >= 4 is 39.2 Å². The van der Waals surface area contributed by atoms with E-state index in [-0.39, 0.29) is 34.5 Å². The van der Waals surface area contributed by atoms with Gasteiger partial charge in [-0.15, -0.1) is 0 Å². The normalized spacial score (nSPS) is 11.3. The number of fused-ring (bicyclic) bond motifs is 2. The molecular formula is C21H13ClN6O3. The molecule has 0 unspecified atom stereocenters. The van der Waals surface area contributed by atoms with Crippen LogP contribution in [0.3, 0.4) is 0 Å². The summed E-state index contributed by atoms with van der Waals surface area (Å²) in [7, 11) is 0. The first-order valence-corrected chi connectivity index (χ1v) is 9.62. The molecule has 5 rings (SSSR count). The average molecular weight is 433 g/mol. The molecule has 0 N–H and O–H groups in total. The lowest BCUT2D eigenvalue weighted by Crippen LogP contribution is -2.21. The quantitative estimate of drug-likeness (QED) is 0.243. The van der Waals surface area contributed by atoms with Crippen molar-refractivity contribution in [2.75, 3.05) is 0 Å². The highest BCUT2D eigenvalue weighted by Gasteiger charge is 2.19. The number of nitro groups is 1. The predicted molar refractivity (Wildman–Crippen MR) is 116 cm³/mol. The highest BCUT2D eigenvalue weighted by atomic mass is 35.5. The molecule has 0 aliphatic heterocycles. The second-order valence-electron chi connectivity index (χ2n) is 6.85. The Morgan fingerprint density at radius 3 is 2.71 bits per heavy atom. The summed E-state index contributed by atoms with van der Waals surface area (Å²) in [6.07, 6.45) is 2.74. The third-order valence-corrected chi connectivity index (χ3v) is 5.28. The smallest absolute Gasteiger partial charge is 0.294 e. The Morgan fingerprint density at radius 1 is 1.10 bits per heavy atom. The van der Waals surface area contributed by atoms with Gasteiger partial charge in [0, 0.05) is 17.0 Å². The van der Waals surface area contributed by atoms with Crippen LogP contribution in [0.4, 0.5) is 5.69 Å². The molecule has 3 aromatic heterocycles. The van der Waals surface area contributed by atoms with E-state index in [1.807, 2.05) is 30.3 Å². The Labute approximate surface area is 179 Å². The van der Waals surface area contributed by atoms with E-state index in [2.05, 4.69) is 15.1 Å². The van der Waals surface area contributed by atoms with Crippen molar-refractivity contribution in [2.45, 2.75) is 6.54 Å². The first-order chi connectivity index (χ1) is 15.0. The van der Waals surface area contributed by atoms with Gasteiger partial charge < -0.3 is 0 Å². The van der Waals surface area contributed by atoms with Crippen molar-refractivity contribution in [2.24, 2.45) is 0 Å². The molecule has 9 nitrogen and oxygen atoms in total. The number of halogens is 1. The lowest BCUT2D eigenvalue weighted by molar-refractivity contribution is -0.384. The summed E-state index contributed by atoms with van der Waals surface area (Å²) in [6.45, 7) is 0.176. The van der Waals surface area contributed by atoms with Crippen molar-refractivity contribution in [3.05, 3.63) is 98.3 Å². The van der Waals surface area contributed by atoms with Gasteiger partial charge in [0.2, 0.25) is 0 Å². The van der Waals surface area contributed by atoms with E-state index in [1.165, 1.54) is 27.8 Å². The van der Waals surface area contributed by atoms with Crippen molar-refractivity contribution < 1.29 is 4.92 Å². The first-order valence-electron chi connectivity index (χ1n) is 9.24. The summed E-state index contributed by atoms with van der Waals surface area (Å²) in [5, 5.41) is 17.0. The van der Waals surface area contributed by atoms with Crippen LogP contribution in [0.25, 0.3) is 27.6 Å². The Morgan fingerprint density at radius 2 is 1.87 bits per heavy atom. The fourth-order valence-corrected chi connectivity index (χ4v) is 3.67. The molecule has 31 heavy (non-hydrogen) atoms. The zero-order chi connectivity index (χ0) is 21.5. The van der Waals surface area contributed by atoms with Gasteiger partial charge in [0.25, 0.3) is 11.2 Å². The maximum Gasteiger partial charge on any atom is 0.294 e. The summed E-state index contributed by atoms with van der Waals surface area (Å²) in [5.74, 6) is 0. The summed E-state index contributed by atoms with van der Waals surface area (Å²) < 4.78 is 2.70. The van der Waals surface area contributed by atoms with E-state index in [4.69, 9.17) is 11.6 Å². The summed E-state index contributed by atoms with van der Waals surface area (Å²) in [5.41, 5.74) is 1.44. The van der Waals surface area contributed by atoms with Crippen molar-refractivity contribution in [1.29, 1.82) is 0 Å². The van der Waals surface area contributed by atoms with E-state index in [0.29, 0.717) is 10.7 Å². The van der Waals surface area contributed by atoms with E-state index >= 15 is 0 Å². The van der Waals surface area contributed by atoms with Gasteiger partial charge in [-0.3, -0.25) is 19.5 Å². The molecule has 5 aromatic rings. The van der Waals surface area contributed by atoms with Crippen LogP contribution < -0.4 is 5.56 Å². The number of nitrogens with zero attached hydrogens (tertiary/aromatic N) is 6. The number of rotatable bonds is 4. The van der Waals surface area contributed by atoms with Crippen LogP contribution in [-0.4, -0.2) is 29.2 Å². The zero-order valence-corrected chi connectivity index (χ0v) is 16.6. The number of pyridine rings is 1. The minimum atomic E-state index is -0.501. The molecule has 10 heteroatoms. The maximum atomic E-state index is 13.0. The second-order valence-corrected chi connectivity index (χ2v) is 7.21. The third-order valence-electron chi connectivity index (χ3n) is 4.95. The topological polar surface area (TPSA) is 109 Å². The lowest BCUT2D eigenvalue weighted by atomic mass is 10.1. The molecule has 0 radical (unpaired) electrons. The predicted octanol–water partition coefficient (Wildman–Crippen LogP) is 3.74. The molecule has 0 spiro atoms. The van der Waals surface area contributed by atoms with E-state index in [1.54, 1.807) is 18.2 Å². The number of hydrogen-bond donors (Lipinski definition) is 0. The molecule has 2 aromatic carbocycles. The lowest BCUT2D eigenvalue weighted by Gasteiger charge is -2.09. The largest absolute Gasteiger partial charge is 0.294 e. The fraction of sp³-hybridized carbons (Fsp3) is 0.0476. The van der Waals surface area contributed by atoms with Crippen molar-refractivity contribution in [1.82, 2.24) is 24.3 Å². The fourth-order valence-electron chi connectivity index (χ4n) is 3.47. The maximum absolute atomic E-state index is 13.0.